The number of carbonyl (C=O) groups is 2. The standard InChI is InChI=1S/C47H76O18/c1-42(2)13-15-47(41(59)65-40-35(56)32(53)30(51)25(18-48)62-40)16-14-45(5)22(23(47)17-42)7-8-28-43(3)11-10-29(44(4,21-49)27(43)9-12-46(28,45)6)64-39-34(55)33(54)31(52)26(63-39)20-60-37-24(50)19-61-38(58)36(37)57/h21-40,48,50-58H,7-20H2,1-6H3/t22?,23?,24-,25-,26+,27?,28?,29-,30-,31+,32+,33-,34+,35-,36+,37-,38+,39-,40-,43-,44-,45+,46+,47-/m0/s1. The largest absolute Gasteiger partial charge is 0.432 e. The molecule has 5 saturated carbocycles. The predicted molar refractivity (Wildman–Crippen MR) is 225 cm³/mol. The lowest BCUT2D eigenvalue weighted by Crippen LogP contribution is -2.69. The fourth-order valence-corrected chi connectivity index (χ4v) is 15.4. The van der Waals surface area contributed by atoms with Gasteiger partial charge in [-0.15, -0.1) is 0 Å². The Bertz CT molecular complexity index is 1730. The minimum Gasteiger partial charge on any atom is -0.432 e. The quantitative estimate of drug-likeness (QED) is 0.0830. The van der Waals surface area contributed by atoms with Crippen molar-refractivity contribution in [1.82, 2.24) is 0 Å². The van der Waals surface area contributed by atoms with Crippen molar-refractivity contribution in [3.8, 4) is 0 Å². The molecule has 0 aromatic rings. The van der Waals surface area contributed by atoms with Crippen LogP contribution in [-0.4, -0.2) is 175 Å². The van der Waals surface area contributed by atoms with E-state index in [9.17, 15) is 60.7 Å². The van der Waals surface area contributed by atoms with Crippen LogP contribution in [0.4, 0.5) is 0 Å². The average Bonchev–Trinajstić information content (AvgIpc) is 3.26. The first-order chi connectivity index (χ1) is 30.4. The van der Waals surface area contributed by atoms with Gasteiger partial charge in [0.15, 0.2) is 12.6 Å². The van der Waals surface area contributed by atoms with Crippen LogP contribution in [0.15, 0.2) is 0 Å². The predicted octanol–water partition coefficient (Wildman–Crippen LogP) is 0.0385. The van der Waals surface area contributed by atoms with Crippen LogP contribution in [0.2, 0.25) is 0 Å². The van der Waals surface area contributed by atoms with Crippen molar-refractivity contribution in [2.24, 2.45) is 56.2 Å². The van der Waals surface area contributed by atoms with Gasteiger partial charge in [-0.05, 0) is 116 Å². The monoisotopic (exact) mass is 929 g/mol. The van der Waals surface area contributed by atoms with E-state index in [1.165, 1.54) is 0 Å². The molecule has 0 aromatic carbocycles. The summed E-state index contributed by atoms with van der Waals surface area (Å²) in [5.41, 5.74) is -2.60. The van der Waals surface area contributed by atoms with E-state index in [1.807, 2.05) is 6.92 Å². The number of esters is 1. The maximum absolute atomic E-state index is 14.7. The first-order valence-corrected chi connectivity index (χ1v) is 24.0. The molecule has 8 rings (SSSR count). The summed E-state index contributed by atoms with van der Waals surface area (Å²) in [4.78, 5) is 28.2. The van der Waals surface area contributed by atoms with Crippen molar-refractivity contribution in [3.63, 3.8) is 0 Å². The van der Waals surface area contributed by atoms with E-state index in [1.54, 1.807) is 0 Å². The number of fused-ring (bicyclic) bond motifs is 7. The Hall–Kier alpha value is -1.46. The lowest BCUT2D eigenvalue weighted by Gasteiger charge is -2.73. The van der Waals surface area contributed by atoms with Gasteiger partial charge in [0, 0.05) is 0 Å². The summed E-state index contributed by atoms with van der Waals surface area (Å²) in [6.45, 7) is 12.2. The van der Waals surface area contributed by atoms with Crippen LogP contribution in [0.3, 0.4) is 0 Å². The fourth-order valence-electron chi connectivity index (χ4n) is 15.4. The first-order valence-electron chi connectivity index (χ1n) is 24.0. The SMILES string of the molecule is CC1(C)CC[C@]2(C(=O)O[C@@H]3O[C@@H](CO)[C@H](O)[C@@H](O)[C@@H]3O)CC[C@]3(C)C(CCC4[C@@]5(C)CC[C@H](O[C@@H]6O[C@H](CO[C@@H]7[C@@H](O)[C@H](O)OC[C@@H]7O)[C@@H](O)[C@H](O)[C@H]6O)[C@@](C)(C=O)C5CC[C@]43C)C2C1. The molecule has 65 heavy (non-hydrogen) atoms. The summed E-state index contributed by atoms with van der Waals surface area (Å²) < 4.78 is 34.8. The van der Waals surface area contributed by atoms with Crippen LogP contribution in [0.1, 0.15) is 112 Å². The van der Waals surface area contributed by atoms with Gasteiger partial charge in [0.2, 0.25) is 6.29 Å². The molecule has 0 bridgehead atoms. The van der Waals surface area contributed by atoms with Crippen molar-refractivity contribution in [2.75, 3.05) is 19.8 Å². The number of hydrogen-bond donors (Lipinski definition) is 10. The molecule has 0 aromatic heterocycles. The summed E-state index contributed by atoms with van der Waals surface area (Å²) >= 11 is 0. The molecule has 0 amide bonds. The van der Waals surface area contributed by atoms with E-state index in [0.29, 0.717) is 25.7 Å². The molecule has 10 N–H and O–H groups in total. The first kappa shape index (κ1) is 49.9. The molecule has 3 heterocycles. The Kier molecular flexibility index (Phi) is 13.6. The van der Waals surface area contributed by atoms with E-state index >= 15 is 0 Å². The number of aldehydes is 1. The molecule has 18 nitrogen and oxygen atoms in total. The normalized spacial score (nSPS) is 55.4. The highest BCUT2D eigenvalue weighted by Crippen LogP contribution is 2.77. The van der Waals surface area contributed by atoms with Crippen LogP contribution < -0.4 is 0 Å². The Balaban J connectivity index is 1.00. The smallest absolute Gasteiger partial charge is 0.314 e. The number of aliphatic hydroxyl groups excluding tert-OH is 10. The van der Waals surface area contributed by atoms with Crippen molar-refractivity contribution in [2.45, 2.75) is 204 Å². The van der Waals surface area contributed by atoms with Crippen LogP contribution in [0, 0.1) is 56.2 Å². The van der Waals surface area contributed by atoms with Crippen molar-refractivity contribution < 1.29 is 89.1 Å². The lowest BCUT2D eigenvalue weighted by atomic mass is 9.31. The van der Waals surface area contributed by atoms with Crippen LogP contribution >= 0.6 is 0 Å². The van der Waals surface area contributed by atoms with Gasteiger partial charge < -0.3 is 84.3 Å². The van der Waals surface area contributed by atoms with Crippen molar-refractivity contribution in [3.05, 3.63) is 0 Å². The van der Waals surface area contributed by atoms with Gasteiger partial charge in [0.1, 0.15) is 73.4 Å². The summed E-state index contributed by atoms with van der Waals surface area (Å²) in [6, 6.07) is 0. The third-order valence-electron chi connectivity index (χ3n) is 19.5. The van der Waals surface area contributed by atoms with Crippen molar-refractivity contribution >= 4 is 12.3 Å². The maximum Gasteiger partial charge on any atom is 0.314 e. The van der Waals surface area contributed by atoms with E-state index in [0.717, 1.165) is 51.2 Å². The van der Waals surface area contributed by atoms with E-state index in [4.69, 9.17) is 28.4 Å². The zero-order valence-electron chi connectivity index (χ0n) is 38.7. The van der Waals surface area contributed by atoms with Gasteiger partial charge in [-0.1, -0.05) is 41.5 Å². The highest BCUT2D eigenvalue weighted by atomic mass is 16.7. The van der Waals surface area contributed by atoms with E-state index in [2.05, 4.69) is 34.6 Å². The summed E-state index contributed by atoms with van der Waals surface area (Å²) in [5, 5.41) is 105. The number of aliphatic hydroxyl groups is 10. The molecule has 3 aliphatic heterocycles. The highest BCUT2D eigenvalue weighted by Gasteiger charge is 2.72. The highest BCUT2D eigenvalue weighted by molar-refractivity contribution is 5.78. The molecule has 0 radical (unpaired) electrons. The molecule has 8 fully saturated rings. The molecule has 8 aliphatic rings. The molecule has 4 unspecified atom stereocenters. The molecule has 0 spiro atoms. The van der Waals surface area contributed by atoms with Gasteiger partial charge >= 0.3 is 5.97 Å². The minimum absolute atomic E-state index is 0.0431. The van der Waals surface area contributed by atoms with Gasteiger partial charge in [0.25, 0.3) is 0 Å². The molecule has 18 heteroatoms. The zero-order valence-corrected chi connectivity index (χ0v) is 38.7. The summed E-state index contributed by atoms with van der Waals surface area (Å²) in [6.07, 6.45) is -13.0. The Morgan fingerprint density at radius 2 is 1.31 bits per heavy atom. The molecule has 24 atom stereocenters. The number of ether oxygens (including phenoxy) is 6. The number of hydrogen-bond acceptors (Lipinski definition) is 18. The number of rotatable bonds is 9. The second-order valence-corrected chi connectivity index (χ2v) is 23.1. The zero-order chi connectivity index (χ0) is 47.4. The fraction of sp³-hybridized carbons (Fsp3) is 0.957. The van der Waals surface area contributed by atoms with Crippen molar-refractivity contribution in [1.29, 1.82) is 0 Å². The molecule has 372 valence electrons. The van der Waals surface area contributed by atoms with Crippen LogP contribution in [0.5, 0.6) is 0 Å². The van der Waals surface area contributed by atoms with E-state index < -0.39 is 122 Å². The van der Waals surface area contributed by atoms with Gasteiger partial charge in [-0.2, -0.15) is 0 Å². The lowest BCUT2D eigenvalue weighted by molar-refractivity contribution is -0.335. The second-order valence-electron chi connectivity index (χ2n) is 23.1. The summed E-state index contributed by atoms with van der Waals surface area (Å²) in [5.74, 6) is -0.267. The third-order valence-corrected chi connectivity index (χ3v) is 19.5. The molecular weight excluding hydrogens is 852 g/mol. The summed E-state index contributed by atoms with van der Waals surface area (Å²) in [7, 11) is 0. The third kappa shape index (κ3) is 7.88. The topological polar surface area (TPSA) is 292 Å². The molecular formula is C47H76O18. The second kappa shape index (κ2) is 17.7. The Labute approximate surface area is 380 Å². The van der Waals surface area contributed by atoms with Gasteiger partial charge in [-0.3, -0.25) is 4.79 Å². The Morgan fingerprint density at radius 3 is 1.98 bits per heavy atom. The average molecular weight is 929 g/mol. The van der Waals surface area contributed by atoms with Gasteiger partial charge in [0.05, 0.1) is 36.8 Å². The van der Waals surface area contributed by atoms with E-state index in [-0.39, 0.29) is 51.9 Å². The van der Waals surface area contributed by atoms with Crippen LogP contribution in [-0.2, 0) is 38.0 Å². The van der Waals surface area contributed by atoms with Gasteiger partial charge in [-0.25, -0.2) is 0 Å². The minimum atomic E-state index is -1.71. The number of carbonyl (C=O) groups excluding carboxylic acids is 2. The molecule has 3 saturated heterocycles. The van der Waals surface area contributed by atoms with Crippen LogP contribution in [0.25, 0.3) is 0 Å². The Morgan fingerprint density at radius 1 is 0.662 bits per heavy atom. The molecule has 5 aliphatic carbocycles. The maximum atomic E-state index is 14.7.